The summed E-state index contributed by atoms with van der Waals surface area (Å²) in [5, 5.41) is 3.18. The van der Waals surface area contributed by atoms with E-state index in [-0.39, 0.29) is 17.9 Å². The van der Waals surface area contributed by atoms with Gasteiger partial charge >= 0.3 is 0 Å². The van der Waals surface area contributed by atoms with Crippen LogP contribution in [0.1, 0.15) is 33.1 Å². The molecule has 2 N–H and O–H groups in total. The largest absolute Gasteiger partial charge is 0.377 e. The van der Waals surface area contributed by atoms with Crippen LogP contribution < -0.4 is 10.0 Å². The Balaban J connectivity index is 2.21. The van der Waals surface area contributed by atoms with Crippen LogP contribution in [0.25, 0.3) is 0 Å². The molecule has 0 bridgehead atoms. The van der Waals surface area contributed by atoms with Gasteiger partial charge in [0.1, 0.15) is 0 Å². The van der Waals surface area contributed by atoms with E-state index in [1.165, 1.54) is 0 Å². The predicted octanol–water partition coefficient (Wildman–Crippen LogP) is 0.473. The number of hydrogen-bond acceptors (Lipinski definition) is 4. The summed E-state index contributed by atoms with van der Waals surface area (Å²) in [6.45, 7) is 6.41. The minimum atomic E-state index is -3.14. The molecule has 0 aromatic rings. The first-order valence-electron chi connectivity index (χ1n) is 6.37. The highest BCUT2D eigenvalue weighted by Gasteiger charge is 2.27. The molecule has 0 spiro atoms. The molecule has 6 heteroatoms. The summed E-state index contributed by atoms with van der Waals surface area (Å²) in [4.78, 5) is 0. The second-order valence-electron chi connectivity index (χ2n) is 4.47. The third-order valence-corrected chi connectivity index (χ3v) is 4.46. The van der Waals surface area contributed by atoms with Gasteiger partial charge in [0.25, 0.3) is 0 Å². The Bertz CT molecular complexity index is 306. The van der Waals surface area contributed by atoms with Gasteiger partial charge in [0.15, 0.2) is 0 Å². The fourth-order valence-electron chi connectivity index (χ4n) is 1.89. The molecule has 1 aliphatic rings. The lowest BCUT2D eigenvalue weighted by Crippen LogP contribution is -2.40. The highest BCUT2D eigenvalue weighted by Crippen LogP contribution is 2.13. The third kappa shape index (κ3) is 5.81. The Hall–Kier alpha value is -0.170. The van der Waals surface area contributed by atoms with Crippen molar-refractivity contribution in [3.63, 3.8) is 0 Å². The molecular formula is C11H24N2O3S. The Morgan fingerprint density at radius 3 is 2.71 bits per heavy atom. The lowest BCUT2D eigenvalue weighted by molar-refractivity contribution is 0.117. The van der Waals surface area contributed by atoms with Crippen molar-refractivity contribution in [1.82, 2.24) is 10.0 Å². The van der Waals surface area contributed by atoms with E-state index in [0.29, 0.717) is 13.0 Å². The average Bonchev–Trinajstić information content (AvgIpc) is 2.63. The topological polar surface area (TPSA) is 67.4 Å². The molecular weight excluding hydrogens is 240 g/mol. The standard InChI is InChI=1S/C11H24N2O3S/c1-3-12-7-4-5-9-17(14,15)13-11-6-8-16-10(11)2/h10-13H,3-9H2,1-2H3. The molecule has 1 aliphatic heterocycles. The summed E-state index contributed by atoms with van der Waals surface area (Å²) in [6, 6.07) is -0.0474. The molecule has 1 heterocycles. The first kappa shape index (κ1) is 14.9. The van der Waals surface area contributed by atoms with Gasteiger partial charge in [-0.05, 0) is 39.3 Å². The van der Waals surface area contributed by atoms with Crippen LogP contribution in [0.15, 0.2) is 0 Å². The summed E-state index contributed by atoms with van der Waals surface area (Å²) in [5.41, 5.74) is 0. The second-order valence-corrected chi connectivity index (χ2v) is 6.34. The van der Waals surface area contributed by atoms with Crippen LogP contribution in [0.3, 0.4) is 0 Å². The van der Waals surface area contributed by atoms with Crippen molar-refractivity contribution in [3.05, 3.63) is 0 Å². The van der Waals surface area contributed by atoms with Crippen molar-refractivity contribution in [1.29, 1.82) is 0 Å². The van der Waals surface area contributed by atoms with E-state index in [1.54, 1.807) is 0 Å². The van der Waals surface area contributed by atoms with E-state index < -0.39 is 10.0 Å². The number of unbranched alkanes of at least 4 members (excludes halogenated alkanes) is 1. The normalized spacial score (nSPS) is 25.3. The van der Waals surface area contributed by atoms with Gasteiger partial charge in [0.05, 0.1) is 11.9 Å². The first-order valence-corrected chi connectivity index (χ1v) is 8.02. The fraction of sp³-hybridized carbons (Fsp3) is 1.00. The number of nitrogens with one attached hydrogen (secondary N) is 2. The summed E-state index contributed by atoms with van der Waals surface area (Å²) in [5.74, 6) is 0.210. The number of hydrogen-bond donors (Lipinski definition) is 2. The second kappa shape index (κ2) is 7.31. The molecule has 5 nitrogen and oxygen atoms in total. The minimum Gasteiger partial charge on any atom is -0.377 e. The lowest BCUT2D eigenvalue weighted by atomic mass is 10.2. The maximum atomic E-state index is 11.8. The maximum absolute atomic E-state index is 11.8. The van der Waals surface area contributed by atoms with Crippen LogP contribution in [0, 0.1) is 0 Å². The van der Waals surface area contributed by atoms with Crippen LogP contribution in [0.4, 0.5) is 0 Å². The van der Waals surface area contributed by atoms with Crippen LogP contribution >= 0.6 is 0 Å². The van der Waals surface area contributed by atoms with Crippen molar-refractivity contribution >= 4 is 10.0 Å². The zero-order chi connectivity index (χ0) is 12.7. The molecule has 102 valence electrons. The molecule has 0 aliphatic carbocycles. The van der Waals surface area contributed by atoms with Crippen LogP contribution in [0.5, 0.6) is 0 Å². The monoisotopic (exact) mass is 264 g/mol. The molecule has 0 radical (unpaired) electrons. The van der Waals surface area contributed by atoms with E-state index >= 15 is 0 Å². The van der Waals surface area contributed by atoms with E-state index in [2.05, 4.69) is 10.0 Å². The summed E-state index contributed by atoms with van der Waals surface area (Å²) < 4.78 is 31.6. The molecule has 1 rings (SSSR count). The molecule has 0 aromatic carbocycles. The summed E-state index contributed by atoms with van der Waals surface area (Å²) in [6.07, 6.45) is 2.36. The smallest absolute Gasteiger partial charge is 0.211 e. The minimum absolute atomic E-state index is 0.00784. The molecule has 2 atom stereocenters. The quantitative estimate of drug-likeness (QED) is 0.626. The number of sulfonamides is 1. The molecule has 1 saturated heterocycles. The highest BCUT2D eigenvalue weighted by atomic mass is 32.2. The van der Waals surface area contributed by atoms with E-state index in [9.17, 15) is 8.42 Å². The maximum Gasteiger partial charge on any atom is 0.211 e. The third-order valence-electron chi connectivity index (χ3n) is 2.97. The van der Waals surface area contributed by atoms with Crippen LogP contribution in [0.2, 0.25) is 0 Å². The first-order chi connectivity index (χ1) is 8.05. The van der Waals surface area contributed by atoms with Crippen molar-refractivity contribution in [2.75, 3.05) is 25.4 Å². The summed E-state index contributed by atoms with van der Waals surface area (Å²) in [7, 11) is -3.14. The molecule has 17 heavy (non-hydrogen) atoms. The molecule has 0 saturated carbocycles. The van der Waals surface area contributed by atoms with E-state index in [0.717, 1.165) is 25.9 Å². The van der Waals surface area contributed by atoms with Gasteiger partial charge < -0.3 is 10.1 Å². The number of rotatable bonds is 8. The van der Waals surface area contributed by atoms with Crippen molar-refractivity contribution in [3.8, 4) is 0 Å². The SMILES string of the molecule is CCNCCCCS(=O)(=O)NC1CCOC1C. The Morgan fingerprint density at radius 2 is 2.12 bits per heavy atom. The van der Waals surface area contributed by atoms with Crippen molar-refractivity contribution in [2.45, 2.75) is 45.3 Å². The number of ether oxygens (including phenoxy) is 1. The van der Waals surface area contributed by atoms with Crippen molar-refractivity contribution < 1.29 is 13.2 Å². The molecule has 2 unspecified atom stereocenters. The van der Waals surface area contributed by atoms with Gasteiger partial charge in [-0.2, -0.15) is 0 Å². The molecule has 1 fully saturated rings. The van der Waals surface area contributed by atoms with E-state index in [4.69, 9.17) is 4.74 Å². The van der Waals surface area contributed by atoms with Gasteiger partial charge in [0.2, 0.25) is 10.0 Å². The van der Waals surface area contributed by atoms with Crippen molar-refractivity contribution in [2.24, 2.45) is 0 Å². The van der Waals surface area contributed by atoms with Gasteiger partial charge in [-0.1, -0.05) is 6.92 Å². The molecule has 0 amide bonds. The zero-order valence-corrected chi connectivity index (χ0v) is 11.6. The van der Waals surface area contributed by atoms with Gasteiger partial charge in [-0.15, -0.1) is 0 Å². The van der Waals surface area contributed by atoms with Gasteiger partial charge in [-0.25, -0.2) is 13.1 Å². The zero-order valence-electron chi connectivity index (χ0n) is 10.7. The van der Waals surface area contributed by atoms with Gasteiger partial charge in [-0.3, -0.25) is 0 Å². The Morgan fingerprint density at radius 1 is 1.35 bits per heavy atom. The predicted molar refractivity (Wildman–Crippen MR) is 68.5 cm³/mol. The van der Waals surface area contributed by atoms with Crippen LogP contribution in [-0.2, 0) is 14.8 Å². The Kier molecular flexibility index (Phi) is 6.40. The fourth-order valence-corrected chi connectivity index (χ4v) is 3.37. The molecule has 0 aromatic heterocycles. The lowest BCUT2D eigenvalue weighted by Gasteiger charge is -2.16. The van der Waals surface area contributed by atoms with E-state index in [1.807, 2.05) is 13.8 Å². The summed E-state index contributed by atoms with van der Waals surface area (Å²) >= 11 is 0. The Labute approximate surface area is 104 Å². The highest BCUT2D eigenvalue weighted by molar-refractivity contribution is 7.89. The van der Waals surface area contributed by atoms with Gasteiger partial charge in [0, 0.05) is 12.6 Å². The average molecular weight is 264 g/mol. The van der Waals surface area contributed by atoms with Crippen LogP contribution in [-0.4, -0.2) is 46.0 Å².